The average Bonchev–Trinajstić information content (AvgIpc) is 3.40. The first-order valence-electron chi connectivity index (χ1n) is 8.71. The quantitative estimate of drug-likeness (QED) is 0.536. The maximum atomic E-state index is 12.8. The number of tetrazole rings is 1. The van der Waals surface area contributed by atoms with Crippen LogP contribution in [0.2, 0.25) is 0 Å². The zero-order valence-corrected chi connectivity index (χ0v) is 15.9. The van der Waals surface area contributed by atoms with Crippen molar-refractivity contribution in [3.63, 3.8) is 0 Å². The van der Waals surface area contributed by atoms with Gasteiger partial charge in [-0.2, -0.15) is 0 Å². The molecule has 0 radical (unpaired) electrons. The van der Waals surface area contributed by atoms with Crippen molar-refractivity contribution in [2.45, 2.75) is 6.92 Å². The van der Waals surface area contributed by atoms with Crippen LogP contribution in [-0.4, -0.2) is 32.7 Å². The summed E-state index contributed by atoms with van der Waals surface area (Å²) in [7, 11) is 0. The summed E-state index contributed by atoms with van der Waals surface area (Å²) >= 11 is 1.41. The number of carbonyl (C=O) groups excluding carboxylic acids is 1. The Morgan fingerprint density at radius 3 is 2.61 bits per heavy atom. The number of amides is 1. The molecule has 140 valence electrons. The number of rotatable bonds is 6. The van der Waals surface area contributed by atoms with E-state index in [-0.39, 0.29) is 5.91 Å². The average molecular weight is 391 g/mol. The summed E-state index contributed by atoms with van der Waals surface area (Å²) < 4.78 is 7.24. The molecule has 1 amide bonds. The van der Waals surface area contributed by atoms with Crippen LogP contribution < -0.4 is 10.1 Å². The van der Waals surface area contributed by atoms with Crippen LogP contribution in [0.15, 0.2) is 67.0 Å². The van der Waals surface area contributed by atoms with Crippen molar-refractivity contribution in [1.29, 1.82) is 0 Å². The number of carbonyl (C=O) groups is 1. The Kier molecular flexibility index (Phi) is 5.11. The zero-order chi connectivity index (χ0) is 19.3. The van der Waals surface area contributed by atoms with Crippen LogP contribution in [0, 0.1) is 0 Å². The molecule has 0 atom stereocenters. The van der Waals surface area contributed by atoms with Gasteiger partial charge in [0, 0.05) is 10.6 Å². The lowest BCUT2D eigenvalue weighted by Crippen LogP contribution is -2.11. The van der Waals surface area contributed by atoms with Crippen molar-refractivity contribution >= 4 is 22.9 Å². The molecule has 2 aromatic carbocycles. The normalized spacial score (nSPS) is 10.6. The molecule has 1 N–H and O–H groups in total. The van der Waals surface area contributed by atoms with E-state index in [0.29, 0.717) is 22.9 Å². The van der Waals surface area contributed by atoms with Gasteiger partial charge in [0.15, 0.2) is 0 Å². The Balaban J connectivity index is 1.56. The molecule has 0 saturated carbocycles. The third kappa shape index (κ3) is 3.77. The second kappa shape index (κ2) is 8.01. The van der Waals surface area contributed by atoms with Crippen LogP contribution in [0.4, 0.5) is 5.69 Å². The minimum absolute atomic E-state index is 0.203. The Morgan fingerprint density at radius 1 is 1.14 bits per heavy atom. The van der Waals surface area contributed by atoms with Crippen molar-refractivity contribution in [2.24, 2.45) is 0 Å². The zero-order valence-electron chi connectivity index (χ0n) is 15.1. The second-order valence-electron chi connectivity index (χ2n) is 5.86. The summed E-state index contributed by atoms with van der Waals surface area (Å²) in [5, 5.41) is 14.0. The summed E-state index contributed by atoms with van der Waals surface area (Å²) in [6, 6.07) is 19.1. The van der Waals surface area contributed by atoms with Crippen molar-refractivity contribution in [3.05, 3.63) is 71.9 Å². The lowest BCUT2D eigenvalue weighted by atomic mass is 10.2. The fourth-order valence-electron chi connectivity index (χ4n) is 2.70. The van der Waals surface area contributed by atoms with E-state index in [4.69, 9.17) is 4.74 Å². The van der Waals surface area contributed by atoms with Gasteiger partial charge in [-0.15, -0.1) is 16.4 Å². The largest absolute Gasteiger partial charge is 0.492 e. The number of hydrogen-bond acceptors (Lipinski definition) is 6. The van der Waals surface area contributed by atoms with E-state index in [0.717, 1.165) is 16.1 Å². The Labute approximate surface area is 165 Å². The van der Waals surface area contributed by atoms with Gasteiger partial charge in [-0.3, -0.25) is 4.79 Å². The number of ether oxygens (including phenoxy) is 1. The molecule has 2 heterocycles. The second-order valence-corrected chi connectivity index (χ2v) is 6.91. The highest BCUT2D eigenvalue weighted by Crippen LogP contribution is 2.36. The fourth-order valence-corrected chi connectivity index (χ4v) is 3.71. The smallest absolute Gasteiger partial charge is 0.269 e. The molecule has 0 aliphatic carbocycles. The molecule has 7 nitrogen and oxygen atoms in total. The Morgan fingerprint density at radius 2 is 1.93 bits per heavy atom. The molecule has 0 bridgehead atoms. The number of nitrogens with zero attached hydrogens (tertiary/aromatic N) is 4. The molecule has 2 aromatic heterocycles. The van der Waals surface area contributed by atoms with E-state index < -0.39 is 0 Å². The van der Waals surface area contributed by atoms with Gasteiger partial charge in [0.05, 0.1) is 12.3 Å². The van der Waals surface area contributed by atoms with Crippen LogP contribution in [0.1, 0.15) is 16.6 Å². The fraction of sp³-hybridized carbons (Fsp3) is 0.100. The molecule has 0 aliphatic heterocycles. The molecule has 0 unspecified atom stereocenters. The molecule has 0 saturated heterocycles. The van der Waals surface area contributed by atoms with Gasteiger partial charge in [-0.25, -0.2) is 4.68 Å². The summed E-state index contributed by atoms with van der Waals surface area (Å²) in [6.07, 6.45) is 1.51. The van der Waals surface area contributed by atoms with E-state index in [1.807, 2.05) is 55.5 Å². The van der Waals surface area contributed by atoms with Crippen molar-refractivity contribution in [1.82, 2.24) is 20.2 Å². The summed E-state index contributed by atoms with van der Waals surface area (Å²) in [5.41, 5.74) is 2.54. The monoisotopic (exact) mass is 391 g/mol. The highest BCUT2D eigenvalue weighted by Gasteiger charge is 2.18. The molecule has 0 spiro atoms. The van der Waals surface area contributed by atoms with Crippen LogP contribution in [-0.2, 0) is 0 Å². The van der Waals surface area contributed by atoms with Gasteiger partial charge in [-0.1, -0.05) is 30.3 Å². The van der Waals surface area contributed by atoms with E-state index in [9.17, 15) is 4.79 Å². The summed E-state index contributed by atoms with van der Waals surface area (Å²) in [5.74, 6) is 0.389. The van der Waals surface area contributed by atoms with Crippen LogP contribution in [0.5, 0.6) is 5.75 Å². The minimum Gasteiger partial charge on any atom is -0.492 e. The topological polar surface area (TPSA) is 81.9 Å². The van der Waals surface area contributed by atoms with Gasteiger partial charge in [-0.05, 0) is 53.2 Å². The van der Waals surface area contributed by atoms with Gasteiger partial charge in [0.2, 0.25) is 0 Å². The number of aromatic nitrogens is 4. The number of nitrogens with one attached hydrogen (secondary N) is 1. The highest BCUT2D eigenvalue weighted by molar-refractivity contribution is 7.17. The SMILES string of the molecule is CCOc1cc(-c2ccccc2)sc1C(=O)Nc1ccc(-n2cnnn2)cc1. The summed E-state index contributed by atoms with van der Waals surface area (Å²) in [6.45, 7) is 2.39. The maximum Gasteiger partial charge on any atom is 0.269 e. The van der Waals surface area contributed by atoms with E-state index in [1.54, 1.807) is 16.8 Å². The van der Waals surface area contributed by atoms with E-state index in [2.05, 4.69) is 20.8 Å². The molecular formula is C20H17N5O2S. The maximum absolute atomic E-state index is 12.8. The van der Waals surface area contributed by atoms with Crippen LogP contribution >= 0.6 is 11.3 Å². The number of thiophene rings is 1. The number of benzene rings is 2. The molecule has 8 heteroatoms. The van der Waals surface area contributed by atoms with Crippen LogP contribution in [0.3, 0.4) is 0 Å². The lowest BCUT2D eigenvalue weighted by molar-refractivity contribution is 0.102. The predicted molar refractivity (Wildman–Crippen MR) is 108 cm³/mol. The molecular weight excluding hydrogens is 374 g/mol. The minimum atomic E-state index is -0.203. The third-order valence-corrected chi connectivity index (χ3v) is 5.17. The highest BCUT2D eigenvalue weighted by atomic mass is 32.1. The van der Waals surface area contributed by atoms with E-state index in [1.165, 1.54) is 17.7 Å². The van der Waals surface area contributed by atoms with Crippen molar-refractivity contribution in [2.75, 3.05) is 11.9 Å². The molecule has 0 fully saturated rings. The van der Waals surface area contributed by atoms with Crippen molar-refractivity contribution in [3.8, 4) is 21.9 Å². The molecule has 28 heavy (non-hydrogen) atoms. The third-order valence-electron chi connectivity index (χ3n) is 4.00. The first kappa shape index (κ1) is 17.9. The first-order valence-corrected chi connectivity index (χ1v) is 9.53. The molecule has 4 aromatic rings. The standard InChI is InChI=1S/C20H17N5O2S/c1-2-27-17-12-18(14-6-4-3-5-7-14)28-19(17)20(26)22-15-8-10-16(11-9-15)25-13-21-23-24-25/h3-13H,2H2,1H3,(H,22,26). The number of anilines is 1. The predicted octanol–water partition coefficient (Wildman–Crippen LogP) is 4.04. The van der Waals surface area contributed by atoms with Crippen molar-refractivity contribution < 1.29 is 9.53 Å². The first-order chi connectivity index (χ1) is 13.7. The number of hydrogen-bond donors (Lipinski definition) is 1. The lowest BCUT2D eigenvalue weighted by Gasteiger charge is -2.07. The molecule has 0 aliphatic rings. The van der Waals surface area contributed by atoms with E-state index >= 15 is 0 Å². The Bertz CT molecular complexity index is 1060. The van der Waals surface area contributed by atoms with Gasteiger partial charge in [0.25, 0.3) is 5.91 Å². The molecule has 4 rings (SSSR count). The van der Waals surface area contributed by atoms with Gasteiger partial charge in [0.1, 0.15) is 17.0 Å². The Hall–Kier alpha value is -3.52. The van der Waals surface area contributed by atoms with Gasteiger partial charge < -0.3 is 10.1 Å². The van der Waals surface area contributed by atoms with Gasteiger partial charge >= 0.3 is 0 Å². The summed E-state index contributed by atoms with van der Waals surface area (Å²) in [4.78, 5) is 14.4. The van der Waals surface area contributed by atoms with Crippen LogP contribution in [0.25, 0.3) is 16.1 Å².